The van der Waals surface area contributed by atoms with Crippen molar-refractivity contribution >= 4 is 0 Å². The molecule has 0 aromatic heterocycles. The highest BCUT2D eigenvalue weighted by atomic mass is 19.4. The van der Waals surface area contributed by atoms with Crippen LogP contribution in [-0.4, -0.2) is 17.9 Å². The minimum atomic E-state index is -4.61. The predicted molar refractivity (Wildman–Crippen MR) is 50.8 cm³/mol. The minimum Gasteiger partial charge on any atom is -0.379 e. The fourth-order valence-corrected chi connectivity index (χ4v) is 1.74. The molecule has 0 saturated carbocycles. The second-order valence-corrected chi connectivity index (χ2v) is 3.77. The smallest absolute Gasteiger partial charge is 0.379 e. The summed E-state index contributed by atoms with van der Waals surface area (Å²) < 4.78 is 42.1. The quantitative estimate of drug-likeness (QED) is 0.805. The lowest BCUT2D eigenvalue weighted by Gasteiger charge is -2.20. The van der Waals surface area contributed by atoms with Gasteiger partial charge in [0.05, 0.1) is 13.2 Å². The van der Waals surface area contributed by atoms with Crippen molar-refractivity contribution in [2.24, 2.45) is 0 Å². The number of halogens is 3. The van der Waals surface area contributed by atoms with Crippen LogP contribution in [0.4, 0.5) is 13.2 Å². The molecule has 16 heavy (non-hydrogen) atoms. The van der Waals surface area contributed by atoms with Gasteiger partial charge >= 0.3 is 6.18 Å². The molecule has 1 N–H and O–H groups in total. The third-order valence-electron chi connectivity index (χ3n) is 2.63. The molecular formula is C11H11F3O2. The fourth-order valence-electron chi connectivity index (χ4n) is 1.74. The monoisotopic (exact) mass is 232 g/mol. The minimum absolute atomic E-state index is 0.104. The number of benzene rings is 1. The van der Waals surface area contributed by atoms with Gasteiger partial charge in [-0.2, -0.15) is 13.2 Å². The van der Waals surface area contributed by atoms with E-state index in [2.05, 4.69) is 0 Å². The van der Waals surface area contributed by atoms with E-state index in [1.54, 1.807) is 6.07 Å². The molecule has 2 nitrogen and oxygen atoms in total. The van der Waals surface area contributed by atoms with E-state index in [1.807, 2.05) is 0 Å². The lowest BCUT2D eigenvalue weighted by molar-refractivity contribution is -0.206. The number of ether oxygens (including phenoxy) is 1. The molecule has 5 heteroatoms. The van der Waals surface area contributed by atoms with E-state index in [0.717, 1.165) is 11.1 Å². The van der Waals surface area contributed by atoms with E-state index in [0.29, 0.717) is 19.6 Å². The lowest BCUT2D eigenvalue weighted by Crippen LogP contribution is -2.21. The van der Waals surface area contributed by atoms with Crippen molar-refractivity contribution in [3.05, 3.63) is 34.9 Å². The Hall–Kier alpha value is -1.07. The summed E-state index contributed by atoms with van der Waals surface area (Å²) >= 11 is 0. The van der Waals surface area contributed by atoms with Gasteiger partial charge in [-0.15, -0.1) is 0 Å². The zero-order chi connectivity index (χ0) is 11.8. The maximum atomic E-state index is 12.3. The van der Waals surface area contributed by atoms with Crippen LogP contribution in [0.25, 0.3) is 0 Å². The van der Waals surface area contributed by atoms with Crippen LogP contribution in [0.1, 0.15) is 22.8 Å². The first-order valence-electron chi connectivity index (χ1n) is 4.92. The Morgan fingerprint density at radius 3 is 2.69 bits per heavy atom. The summed E-state index contributed by atoms with van der Waals surface area (Å²) in [4.78, 5) is 0. The zero-order valence-corrected chi connectivity index (χ0v) is 8.42. The first-order chi connectivity index (χ1) is 7.48. The van der Waals surface area contributed by atoms with E-state index < -0.39 is 12.3 Å². The van der Waals surface area contributed by atoms with Gasteiger partial charge in [-0.1, -0.05) is 18.2 Å². The second-order valence-electron chi connectivity index (χ2n) is 3.77. The summed E-state index contributed by atoms with van der Waals surface area (Å²) in [5, 5.41) is 9.10. The number of aliphatic hydroxyl groups excluding tert-OH is 1. The molecule has 0 fully saturated rings. The molecule has 1 aromatic rings. The van der Waals surface area contributed by atoms with Crippen LogP contribution in [0.5, 0.6) is 0 Å². The molecule has 0 saturated heterocycles. The van der Waals surface area contributed by atoms with Crippen molar-refractivity contribution in [1.29, 1.82) is 0 Å². The topological polar surface area (TPSA) is 29.5 Å². The third kappa shape index (κ3) is 2.20. The van der Waals surface area contributed by atoms with Crippen LogP contribution >= 0.6 is 0 Å². The van der Waals surface area contributed by atoms with Gasteiger partial charge in [-0.05, 0) is 23.1 Å². The highest BCUT2D eigenvalue weighted by molar-refractivity contribution is 5.34. The summed E-state index contributed by atoms with van der Waals surface area (Å²) in [6.45, 7) is 0.941. The average molecular weight is 232 g/mol. The summed E-state index contributed by atoms with van der Waals surface area (Å²) in [5.41, 5.74) is 1.62. The number of alkyl halides is 3. The largest absolute Gasteiger partial charge is 0.418 e. The van der Waals surface area contributed by atoms with Gasteiger partial charge < -0.3 is 9.84 Å². The molecular weight excluding hydrogens is 221 g/mol. The molecule has 1 heterocycles. The molecule has 0 radical (unpaired) electrons. The van der Waals surface area contributed by atoms with Gasteiger partial charge in [0.2, 0.25) is 0 Å². The first kappa shape index (κ1) is 11.4. The van der Waals surface area contributed by atoms with Crippen LogP contribution in [0.2, 0.25) is 0 Å². The second kappa shape index (κ2) is 4.07. The molecule has 1 atom stereocenters. The van der Waals surface area contributed by atoms with Crippen molar-refractivity contribution < 1.29 is 23.0 Å². The Kier molecular flexibility index (Phi) is 2.90. The van der Waals surface area contributed by atoms with E-state index in [4.69, 9.17) is 9.84 Å². The highest BCUT2D eigenvalue weighted by Crippen LogP contribution is 2.33. The number of fused-ring (bicyclic) bond motifs is 1. The molecule has 0 bridgehead atoms. The maximum Gasteiger partial charge on any atom is 0.418 e. The predicted octanol–water partition coefficient (Wildman–Crippen LogP) is 2.36. The Bertz CT molecular complexity index is 387. The summed E-state index contributed by atoms with van der Waals surface area (Å²) in [7, 11) is 0. The van der Waals surface area contributed by atoms with Gasteiger partial charge in [0.15, 0.2) is 6.10 Å². The summed E-state index contributed by atoms with van der Waals surface area (Å²) in [6.07, 6.45) is -6.42. The van der Waals surface area contributed by atoms with Crippen LogP contribution in [0.3, 0.4) is 0 Å². The third-order valence-corrected chi connectivity index (χ3v) is 2.63. The van der Waals surface area contributed by atoms with Gasteiger partial charge in [0.25, 0.3) is 0 Å². The molecule has 0 unspecified atom stereocenters. The van der Waals surface area contributed by atoms with Crippen LogP contribution in [0, 0.1) is 0 Å². The Morgan fingerprint density at radius 2 is 2.00 bits per heavy atom. The Balaban J connectivity index is 2.30. The van der Waals surface area contributed by atoms with Crippen LogP contribution < -0.4 is 0 Å². The maximum absolute atomic E-state index is 12.3. The molecule has 0 aliphatic carbocycles. The lowest BCUT2D eigenvalue weighted by atomic mass is 9.98. The normalized spacial score (nSPS) is 18.0. The molecule has 1 aromatic carbocycles. The van der Waals surface area contributed by atoms with Crippen LogP contribution in [-0.2, 0) is 17.8 Å². The van der Waals surface area contributed by atoms with E-state index in [9.17, 15) is 13.2 Å². The first-order valence-corrected chi connectivity index (χ1v) is 4.92. The number of aliphatic hydroxyl groups is 1. The molecule has 88 valence electrons. The van der Waals surface area contributed by atoms with Crippen molar-refractivity contribution in [3.63, 3.8) is 0 Å². The van der Waals surface area contributed by atoms with Crippen molar-refractivity contribution in [1.82, 2.24) is 0 Å². The molecule has 1 aliphatic rings. The highest BCUT2D eigenvalue weighted by Gasteiger charge is 2.39. The molecule has 0 amide bonds. The summed E-state index contributed by atoms with van der Waals surface area (Å²) in [6, 6.07) is 4.29. The molecule has 2 rings (SSSR count). The van der Waals surface area contributed by atoms with E-state index >= 15 is 0 Å². The zero-order valence-electron chi connectivity index (χ0n) is 8.42. The Labute approximate surface area is 90.7 Å². The number of hydrogen-bond acceptors (Lipinski definition) is 2. The van der Waals surface area contributed by atoms with Crippen LogP contribution in [0.15, 0.2) is 18.2 Å². The van der Waals surface area contributed by atoms with E-state index in [1.165, 1.54) is 12.1 Å². The fraction of sp³-hybridized carbons (Fsp3) is 0.455. The average Bonchev–Trinajstić information content (AvgIpc) is 2.26. The van der Waals surface area contributed by atoms with Gasteiger partial charge in [-0.3, -0.25) is 0 Å². The summed E-state index contributed by atoms with van der Waals surface area (Å²) in [5.74, 6) is 0. The Morgan fingerprint density at radius 1 is 1.25 bits per heavy atom. The van der Waals surface area contributed by atoms with Crippen molar-refractivity contribution in [2.45, 2.75) is 25.3 Å². The van der Waals surface area contributed by atoms with Gasteiger partial charge in [0, 0.05) is 0 Å². The van der Waals surface area contributed by atoms with Crippen molar-refractivity contribution in [2.75, 3.05) is 6.61 Å². The molecule has 1 aliphatic heterocycles. The SMILES string of the molecule is O[C@H](c1ccc2c(c1)CCOC2)C(F)(F)F. The molecule has 0 spiro atoms. The van der Waals surface area contributed by atoms with E-state index in [-0.39, 0.29) is 5.56 Å². The van der Waals surface area contributed by atoms with Crippen molar-refractivity contribution in [3.8, 4) is 0 Å². The number of hydrogen-bond donors (Lipinski definition) is 1. The number of rotatable bonds is 1. The van der Waals surface area contributed by atoms with Gasteiger partial charge in [0.1, 0.15) is 0 Å². The standard InChI is InChI=1S/C11H11F3O2/c12-11(13,14)10(15)8-1-2-9-6-16-4-3-7(9)5-8/h1-2,5,10,15H,3-4,6H2/t10-/m1/s1. The van der Waals surface area contributed by atoms with Gasteiger partial charge in [-0.25, -0.2) is 0 Å².